The molecule has 1 aromatic heterocycles. The molecule has 1 amide bonds. The molecule has 0 radical (unpaired) electrons. The molecule has 0 spiro atoms. The Hall–Kier alpha value is -1.50. The summed E-state index contributed by atoms with van der Waals surface area (Å²) < 4.78 is 0. The van der Waals surface area contributed by atoms with Gasteiger partial charge in [0.1, 0.15) is 5.51 Å². The van der Waals surface area contributed by atoms with Crippen LogP contribution in [-0.2, 0) is 9.59 Å². The molecule has 17 heavy (non-hydrogen) atoms. The highest BCUT2D eigenvalue weighted by Crippen LogP contribution is 2.30. The van der Waals surface area contributed by atoms with E-state index in [1.54, 1.807) is 0 Å². The highest BCUT2D eigenvalue weighted by atomic mass is 32.1. The summed E-state index contributed by atoms with van der Waals surface area (Å²) in [5.74, 6) is -2.63. The first-order valence-corrected chi connectivity index (χ1v) is 6.34. The number of nitrogens with zero attached hydrogens (tertiary/aromatic N) is 2. The summed E-state index contributed by atoms with van der Waals surface area (Å²) in [6, 6.07) is 0. The lowest BCUT2D eigenvalue weighted by Gasteiger charge is -2.30. The number of amides is 1. The van der Waals surface area contributed by atoms with E-state index in [0.717, 1.165) is 12.8 Å². The first-order valence-electron chi connectivity index (χ1n) is 5.46. The zero-order chi connectivity index (χ0) is 12.3. The van der Waals surface area contributed by atoms with Crippen molar-refractivity contribution in [2.24, 2.45) is 11.8 Å². The average Bonchev–Trinajstić information content (AvgIpc) is 2.81. The second-order valence-electron chi connectivity index (χ2n) is 4.05. The fourth-order valence-corrected chi connectivity index (χ4v) is 2.60. The van der Waals surface area contributed by atoms with Gasteiger partial charge in [-0.25, -0.2) is 0 Å². The van der Waals surface area contributed by atoms with Crippen LogP contribution in [0.4, 0.5) is 5.13 Å². The smallest absolute Gasteiger partial charge is 0.229 e. The minimum Gasteiger partial charge on any atom is -0.550 e. The van der Waals surface area contributed by atoms with E-state index in [-0.39, 0.29) is 5.91 Å². The quantitative estimate of drug-likeness (QED) is 0.821. The molecule has 0 saturated heterocycles. The van der Waals surface area contributed by atoms with E-state index in [2.05, 4.69) is 15.5 Å². The van der Waals surface area contributed by atoms with Crippen molar-refractivity contribution in [1.82, 2.24) is 10.2 Å². The summed E-state index contributed by atoms with van der Waals surface area (Å²) in [6.45, 7) is 0. The number of hydrogen-bond donors (Lipinski definition) is 1. The second-order valence-corrected chi connectivity index (χ2v) is 4.88. The number of carboxylic acid groups (broad SMARTS) is 1. The Kier molecular flexibility index (Phi) is 3.68. The van der Waals surface area contributed by atoms with Crippen molar-refractivity contribution in [2.45, 2.75) is 25.7 Å². The number of carbonyl (C=O) groups excluding carboxylic acids is 2. The molecule has 6 nitrogen and oxygen atoms in total. The van der Waals surface area contributed by atoms with Gasteiger partial charge in [0, 0.05) is 17.8 Å². The van der Waals surface area contributed by atoms with Crippen molar-refractivity contribution in [3.8, 4) is 0 Å². The maximum Gasteiger partial charge on any atom is 0.229 e. The highest BCUT2D eigenvalue weighted by molar-refractivity contribution is 7.13. The van der Waals surface area contributed by atoms with Gasteiger partial charge in [0.15, 0.2) is 0 Å². The molecule has 0 bridgehead atoms. The summed E-state index contributed by atoms with van der Waals surface area (Å²) in [6.07, 6.45) is 2.80. The van der Waals surface area contributed by atoms with Crippen LogP contribution in [0.25, 0.3) is 0 Å². The van der Waals surface area contributed by atoms with Gasteiger partial charge in [0.2, 0.25) is 11.0 Å². The molecule has 1 aliphatic carbocycles. The van der Waals surface area contributed by atoms with E-state index in [0.29, 0.717) is 18.0 Å². The largest absolute Gasteiger partial charge is 0.550 e. The average molecular weight is 254 g/mol. The van der Waals surface area contributed by atoms with E-state index in [4.69, 9.17) is 0 Å². The molecule has 0 unspecified atom stereocenters. The van der Waals surface area contributed by atoms with Crippen LogP contribution < -0.4 is 10.4 Å². The normalized spacial score (nSPS) is 24.2. The third-order valence-electron chi connectivity index (χ3n) is 3.00. The molecule has 7 heteroatoms. The Labute approximate surface area is 102 Å². The van der Waals surface area contributed by atoms with Crippen molar-refractivity contribution < 1.29 is 14.7 Å². The SMILES string of the molecule is O=C([O-])[C@H]1CCCC[C@@H]1C(=O)Nc1nncs1. The fourth-order valence-electron chi connectivity index (χ4n) is 2.15. The van der Waals surface area contributed by atoms with Crippen molar-refractivity contribution >= 4 is 28.3 Å². The number of hydrogen-bond acceptors (Lipinski definition) is 6. The molecule has 2 atom stereocenters. The van der Waals surface area contributed by atoms with E-state index in [1.165, 1.54) is 16.8 Å². The van der Waals surface area contributed by atoms with Gasteiger partial charge in [-0.15, -0.1) is 10.2 Å². The maximum absolute atomic E-state index is 11.9. The molecule has 1 saturated carbocycles. The van der Waals surface area contributed by atoms with Gasteiger partial charge >= 0.3 is 0 Å². The number of aromatic nitrogens is 2. The second kappa shape index (κ2) is 5.22. The monoisotopic (exact) mass is 254 g/mol. The number of aliphatic carboxylic acids is 1. The topological polar surface area (TPSA) is 95.0 Å². The third-order valence-corrected chi connectivity index (χ3v) is 3.60. The van der Waals surface area contributed by atoms with Crippen LogP contribution in [0.3, 0.4) is 0 Å². The Morgan fingerprint density at radius 2 is 2.06 bits per heavy atom. The summed E-state index contributed by atoms with van der Waals surface area (Å²) in [7, 11) is 0. The number of carboxylic acids is 1. The van der Waals surface area contributed by atoms with Crippen LogP contribution in [-0.4, -0.2) is 22.1 Å². The Bertz CT molecular complexity index is 407. The van der Waals surface area contributed by atoms with Crippen LogP contribution in [0.15, 0.2) is 5.51 Å². The van der Waals surface area contributed by atoms with Crippen molar-refractivity contribution in [2.75, 3.05) is 5.32 Å². The van der Waals surface area contributed by atoms with Gasteiger partial charge < -0.3 is 15.2 Å². The molecule has 1 aromatic rings. The Balaban J connectivity index is 2.03. The standard InChI is InChI=1S/C10H13N3O3S/c14-8(12-10-13-11-5-17-10)6-3-1-2-4-7(6)9(15)16/h5-7H,1-4H2,(H,15,16)(H,12,13,14)/p-1/t6-,7-/m0/s1. The van der Waals surface area contributed by atoms with Crippen molar-refractivity contribution in [1.29, 1.82) is 0 Å². The summed E-state index contributed by atoms with van der Waals surface area (Å²) in [5.41, 5.74) is 1.51. The van der Waals surface area contributed by atoms with Gasteiger partial charge in [0.05, 0.1) is 0 Å². The summed E-state index contributed by atoms with van der Waals surface area (Å²) in [5, 5.41) is 21.2. The number of rotatable bonds is 3. The molecule has 2 rings (SSSR count). The molecule has 1 fully saturated rings. The fraction of sp³-hybridized carbons (Fsp3) is 0.600. The maximum atomic E-state index is 11.9. The summed E-state index contributed by atoms with van der Waals surface area (Å²) in [4.78, 5) is 22.9. The van der Waals surface area contributed by atoms with Gasteiger partial charge in [-0.3, -0.25) is 4.79 Å². The van der Waals surface area contributed by atoms with E-state index >= 15 is 0 Å². The van der Waals surface area contributed by atoms with Gasteiger partial charge in [-0.05, 0) is 12.8 Å². The van der Waals surface area contributed by atoms with Crippen LogP contribution in [0.1, 0.15) is 25.7 Å². The molecule has 0 aliphatic heterocycles. The van der Waals surface area contributed by atoms with Crippen LogP contribution in [0.2, 0.25) is 0 Å². The molecule has 0 aromatic carbocycles. The molecule has 92 valence electrons. The molecule has 1 heterocycles. The van der Waals surface area contributed by atoms with E-state index in [1.807, 2.05) is 0 Å². The van der Waals surface area contributed by atoms with Gasteiger partial charge in [-0.1, -0.05) is 24.2 Å². The third kappa shape index (κ3) is 2.79. The van der Waals surface area contributed by atoms with E-state index in [9.17, 15) is 14.7 Å². The molecule has 1 aliphatic rings. The van der Waals surface area contributed by atoms with Crippen LogP contribution in [0.5, 0.6) is 0 Å². The number of anilines is 1. The zero-order valence-electron chi connectivity index (χ0n) is 9.09. The minimum absolute atomic E-state index is 0.296. The predicted molar refractivity (Wildman–Crippen MR) is 59.0 cm³/mol. The van der Waals surface area contributed by atoms with Gasteiger partial charge in [0.25, 0.3) is 0 Å². The highest BCUT2D eigenvalue weighted by Gasteiger charge is 2.32. The number of carbonyl (C=O) groups is 2. The van der Waals surface area contributed by atoms with Crippen LogP contribution >= 0.6 is 11.3 Å². The molecular weight excluding hydrogens is 242 g/mol. The lowest BCUT2D eigenvalue weighted by Crippen LogP contribution is -2.42. The Morgan fingerprint density at radius 1 is 1.35 bits per heavy atom. The summed E-state index contributed by atoms with van der Waals surface area (Å²) >= 11 is 1.21. The first kappa shape index (κ1) is 12.0. The molecular formula is C10H12N3O3S-. The first-order chi connectivity index (χ1) is 8.18. The zero-order valence-corrected chi connectivity index (χ0v) is 9.90. The molecule has 1 N–H and O–H groups in total. The lowest BCUT2D eigenvalue weighted by molar-refractivity contribution is -0.313. The predicted octanol–water partition coefficient (Wildman–Crippen LogP) is 0.0329. The Morgan fingerprint density at radius 3 is 2.65 bits per heavy atom. The number of nitrogens with one attached hydrogen (secondary N) is 1. The van der Waals surface area contributed by atoms with Crippen molar-refractivity contribution in [3.05, 3.63) is 5.51 Å². The van der Waals surface area contributed by atoms with E-state index < -0.39 is 17.8 Å². The van der Waals surface area contributed by atoms with Gasteiger partial charge in [-0.2, -0.15) is 0 Å². The van der Waals surface area contributed by atoms with Crippen LogP contribution in [0, 0.1) is 11.8 Å². The lowest BCUT2D eigenvalue weighted by atomic mass is 9.79. The van der Waals surface area contributed by atoms with Crippen molar-refractivity contribution in [3.63, 3.8) is 0 Å². The minimum atomic E-state index is -1.14.